The van der Waals surface area contributed by atoms with E-state index < -0.39 is 0 Å². The van der Waals surface area contributed by atoms with E-state index in [1.807, 2.05) is 6.07 Å². The molecule has 2 heterocycles. The molecule has 84 valence electrons. The van der Waals surface area contributed by atoms with Crippen LogP contribution in [0.15, 0.2) is 18.5 Å². The maximum atomic E-state index is 5.73. The van der Waals surface area contributed by atoms with E-state index >= 15 is 0 Å². The van der Waals surface area contributed by atoms with E-state index in [1.54, 1.807) is 23.7 Å². The highest BCUT2D eigenvalue weighted by Crippen LogP contribution is 2.27. The van der Waals surface area contributed by atoms with Gasteiger partial charge < -0.3 is 5.32 Å². The van der Waals surface area contributed by atoms with Crippen LogP contribution in [0.1, 0.15) is 13.3 Å². The van der Waals surface area contributed by atoms with Crippen LogP contribution in [0.4, 0.5) is 5.13 Å². The highest BCUT2D eigenvalue weighted by Gasteiger charge is 2.05. The van der Waals surface area contributed by atoms with Gasteiger partial charge in [-0.2, -0.15) is 0 Å². The molecule has 0 atom stereocenters. The summed E-state index contributed by atoms with van der Waals surface area (Å²) in [6.45, 7) is 3.04. The van der Waals surface area contributed by atoms with Crippen molar-refractivity contribution in [3.05, 3.63) is 23.7 Å². The zero-order chi connectivity index (χ0) is 11.4. The van der Waals surface area contributed by atoms with Crippen molar-refractivity contribution < 1.29 is 0 Å². The summed E-state index contributed by atoms with van der Waals surface area (Å²) in [6, 6.07) is 1.82. The Kier molecular flexibility index (Phi) is 3.69. The van der Waals surface area contributed by atoms with Gasteiger partial charge in [-0.25, -0.2) is 15.0 Å². The fourth-order valence-electron chi connectivity index (χ4n) is 1.18. The van der Waals surface area contributed by atoms with Crippen molar-refractivity contribution in [1.29, 1.82) is 0 Å². The molecule has 0 radical (unpaired) electrons. The van der Waals surface area contributed by atoms with Crippen LogP contribution in [0.2, 0.25) is 5.28 Å². The van der Waals surface area contributed by atoms with Crippen LogP contribution >= 0.6 is 22.9 Å². The minimum atomic E-state index is 0.258. The fourth-order valence-corrected chi connectivity index (χ4v) is 2.14. The van der Waals surface area contributed by atoms with Crippen LogP contribution in [0.25, 0.3) is 10.6 Å². The first-order valence-corrected chi connectivity index (χ1v) is 6.17. The van der Waals surface area contributed by atoms with Gasteiger partial charge in [-0.15, -0.1) is 0 Å². The minimum absolute atomic E-state index is 0.258. The van der Waals surface area contributed by atoms with Gasteiger partial charge in [-0.05, 0) is 24.1 Å². The predicted molar refractivity (Wildman–Crippen MR) is 66.9 cm³/mol. The Labute approximate surface area is 103 Å². The molecule has 0 saturated heterocycles. The molecule has 16 heavy (non-hydrogen) atoms. The molecule has 0 amide bonds. The van der Waals surface area contributed by atoms with Crippen molar-refractivity contribution in [2.24, 2.45) is 0 Å². The lowest BCUT2D eigenvalue weighted by Gasteiger charge is -1.97. The van der Waals surface area contributed by atoms with E-state index in [9.17, 15) is 0 Å². The van der Waals surface area contributed by atoms with Crippen LogP contribution < -0.4 is 5.32 Å². The molecule has 2 rings (SSSR count). The lowest BCUT2D eigenvalue weighted by atomic mass is 10.4. The Balaban J connectivity index is 2.18. The molecule has 0 unspecified atom stereocenters. The second-order valence-corrected chi connectivity index (χ2v) is 4.54. The number of thiazole rings is 1. The summed E-state index contributed by atoms with van der Waals surface area (Å²) < 4.78 is 0. The van der Waals surface area contributed by atoms with Gasteiger partial charge in [-0.1, -0.05) is 18.3 Å². The third kappa shape index (κ3) is 2.68. The van der Waals surface area contributed by atoms with Gasteiger partial charge >= 0.3 is 0 Å². The smallest absolute Gasteiger partial charge is 0.222 e. The average molecular weight is 255 g/mol. The highest BCUT2D eigenvalue weighted by atomic mass is 35.5. The van der Waals surface area contributed by atoms with Gasteiger partial charge in [0.15, 0.2) is 5.13 Å². The number of aromatic nitrogens is 3. The second kappa shape index (κ2) is 5.23. The number of halogens is 1. The van der Waals surface area contributed by atoms with Gasteiger partial charge in [0.05, 0.1) is 10.6 Å². The van der Waals surface area contributed by atoms with E-state index in [0.29, 0.717) is 0 Å². The molecular formula is C10H11ClN4S. The van der Waals surface area contributed by atoms with Crippen LogP contribution in [-0.2, 0) is 0 Å². The van der Waals surface area contributed by atoms with Gasteiger partial charge in [0.2, 0.25) is 5.28 Å². The van der Waals surface area contributed by atoms with Crippen molar-refractivity contribution in [2.45, 2.75) is 13.3 Å². The zero-order valence-electron chi connectivity index (χ0n) is 8.77. The maximum absolute atomic E-state index is 5.73. The SMILES string of the molecule is CCCNc1ncc(-c2ccnc(Cl)n2)s1. The lowest BCUT2D eigenvalue weighted by Crippen LogP contribution is -1.97. The third-order valence-electron chi connectivity index (χ3n) is 1.91. The summed E-state index contributed by atoms with van der Waals surface area (Å²) in [6.07, 6.45) is 4.51. The molecule has 2 aromatic rings. The normalized spacial score (nSPS) is 10.4. The molecule has 0 aromatic carbocycles. The molecule has 0 fully saturated rings. The molecule has 0 aliphatic rings. The summed E-state index contributed by atoms with van der Waals surface area (Å²) in [5.41, 5.74) is 0.807. The summed E-state index contributed by atoms with van der Waals surface area (Å²) in [4.78, 5) is 13.2. The van der Waals surface area contributed by atoms with Crippen molar-refractivity contribution in [3.8, 4) is 10.6 Å². The molecule has 2 aromatic heterocycles. The lowest BCUT2D eigenvalue weighted by molar-refractivity contribution is 0.976. The number of anilines is 1. The van der Waals surface area contributed by atoms with E-state index in [4.69, 9.17) is 11.6 Å². The molecule has 0 aliphatic heterocycles. The van der Waals surface area contributed by atoms with Gasteiger partial charge in [-0.3, -0.25) is 0 Å². The molecule has 1 N–H and O–H groups in total. The number of hydrogen-bond acceptors (Lipinski definition) is 5. The first-order chi connectivity index (χ1) is 7.79. The standard InChI is InChI=1S/C10H11ClN4S/c1-2-4-13-10-14-6-8(16-10)7-3-5-12-9(11)15-7/h3,5-6H,2,4H2,1H3,(H,13,14). The van der Waals surface area contributed by atoms with E-state index in [0.717, 1.165) is 28.7 Å². The predicted octanol–water partition coefficient (Wildman–Crippen LogP) is 3.08. The Morgan fingerprint density at radius 3 is 3.06 bits per heavy atom. The molecule has 0 aliphatic carbocycles. The highest BCUT2D eigenvalue weighted by molar-refractivity contribution is 7.18. The van der Waals surface area contributed by atoms with E-state index in [-0.39, 0.29) is 5.28 Å². The van der Waals surface area contributed by atoms with Gasteiger partial charge in [0.25, 0.3) is 0 Å². The van der Waals surface area contributed by atoms with Gasteiger partial charge in [0.1, 0.15) is 0 Å². The summed E-state index contributed by atoms with van der Waals surface area (Å²) in [5.74, 6) is 0. The Bertz CT molecular complexity index is 471. The van der Waals surface area contributed by atoms with Crippen LogP contribution in [0.5, 0.6) is 0 Å². The zero-order valence-corrected chi connectivity index (χ0v) is 10.3. The molecule has 4 nitrogen and oxygen atoms in total. The number of nitrogens with zero attached hydrogens (tertiary/aromatic N) is 3. The monoisotopic (exact) mass is 254 g/mol. The van der Waals surface area contributed by atoms with Crippen molar-refractivity contribution in [2.75, 3.05) is 11.9 Å². The quantitative estimate of drug-likeness (QED) is 0.852. The second-order valence-electron chi connectivity index (χ2n) is 3.17. The first-order valence-electron chi connectivity index (χ1n) is 4.98. The van der Waals surface area contributed by atoms with Crippen LogP contribution in [0.3, 0.4) is 0 Å². The fraction of sp³-hybridized carbons (Fsp3) is 0.300. The van der Waals surface area contributed by atoms with Crippen molar-refractivity contribution >= 4 is 28.1 Å². The summed E-state index contributed by atoms with van der Waals surface area (Å²) in [5, 5.41) is 4.40. The van der Waals surface area contributed by atoms with Crippen LogP contribution in [0, 0.1) is 0 Å². The molecule has 6 heteroatoms. The summed E-state index contributed by atoms with van der Waals surface area (Å²) >= 11 is 7.30. The molecular weight excluding hydrogens is 244 g/mol. The third-order valence-corrected chi connectivity index (χ3v) is 3.07. The van der Waals surface area contributed by atoms with Crippen LogP contribution in [-0.4, -0.2) is 21.5 Å². The molecule has 0 saturated carbocycles. The van der Waals surface area contributed by atoms with Gasteiger partial charge in [0, 0.05) is 18.9 Å². The number of nitrogens with one attached hydrogen (secondary N) is 1. The Morgan fingerprint density at radius 1 is 1.44 bits per heavy atom. The molecule has 0 spiro atoms. The van der Waals surface area contributed by atoms with E-state index in [2.05, 4.69) is 27.2 Å². The van der Waals surface area contributed by atoms with Crippen molar-refractivity contribution in [1.82, 2.24) is 15.0 Å². The largest absolute Gasteiger partial charge is 0.362 e. The maximum Gasteiger partial charge on any atom is 0.222 e. The van der Waals surface area contributed by atoms with E-state index in [1.165, 1.54) is 0 Å². The topological polar surface area (TPSA) is 50.7 Å². The first kappa shape index (κ1) is 11.3. The number of hydrogen-bond donors (Lipinski definition) is 1. The molecule has 0 bridgehead atoms. The Hall–Kier alpha value is -1.20. The van der Waals surface area contributed by atoms with Crippen molar-refractivity contribution in [3.63, 3.8) is 0 Å². The minimum Gasteiger partial charge on any atom is -0.362 e. The average Bonchev–Trinajstić information content (AvgIpc) is 2.75. The number of rotatable bonds is 4. The summed E-state index contributed by atoms with van der Waals surface area (Å²) in [7, 11) is 0. The Morgan fingerprint density at radius 2 is 2.31 bits per heavy atom.